The van der Waals surface area contributed by atoms with Crippen molar-refractivity contribution >= 4 is 40.9 Å². The maximum atomic E-state index is 3.51. The molecule has 26 valence electrons. The van der Waals surface area contributed by atoms with E-state index >= 15 is 0 Å². The predicted octanol–water partition coefficient (Wildman–Crippen LogP) is -1.97. The van der Waals surface area contributed by atoms with Crippen molar-refractivity contribution in [2.24, 2.45) is 0 Å². The van der Waals surface area contributed by atoms with Crippen LogP contribution in [0.1, 0.15) is 0 Å². The van der Waals surface area contributed by atoms with Crippen molar-refractivity contribution in [1.29, 1.82) is 0 Å². The van der Waals surface area contributed by atoms with Crippen LogP contribution in [0.2, 0.25) is 6.82 Å². The first-order valence-electron chi connectivity index (χ1n) is 2.32. The quantitative estimate of drug-likeness (QED) is 0.338. The van der Waals surface area contributed by atoms with Crippen molar-refractivity contribution in [2.45, 2.75) is 6.82 Å². The molecule has 0 rings (SSSR count). The van der Waals surface area contributed by atoms with Crippen molar-refractivity contribution in [3.8, 4) is 0 Å². The number of rotatable bonds is 2. The molecule has 6 heteroatoms. The van der Waals surface area contributed by atoms with Crippen LogP contribution in [-0.4, -0.2) is 40.9 Å². The van der Waals surface area contributed by atoms with Gasteiger partial charge in [0.1, 0.15) is 0 Å². The standard InChI is InChI=1S/CH4B6/c1-3-5-7-6-4-2/h2H,1H3. The van der Waals surface area contributed by atoms with Gasteiger partial charge in [0.15, 0.2) is 0 Å². The van der Waals surface area contributed by atoms with Gasteiger partial charge in [-0.05, 0) is 0 Å². The fourth-order valence-electron chi connectivity index (χ4n) is 0.254. The first-order chi connectivity index (χ1) is 3.41. The molecule has 0 N–H and O–H groups in total. The molecule has 0 nitrogen and oxygen atoms in total. The summed E-state index contributed by atoms with van der Waals surface area (Å²) in [5.74, 6) is 0. The van der Waals surface area contributed by atoms with Gasteiger partial charge in [-0.15, -0.1) is 0 Å². The Kier molecular flexibility index (Phi) is 6.75. The van der Waals surface area contributed by atoms with Crippen LogP contribution >= 0.6 is 0 Å². The molecule has 0 heterocycles. The van der Waals surface area contributed by atoms with Gasteiger partial charge in [-0.25, -0.2) is 0 Å². The second-order valence-electron chi connectivity index (χ2n) is 1.15. The molecule has 0 saturated heterocycles. The molecule has 0 aromatic rings. The van der Waals surface area contributed by atoms with Gasteiger partial charge in [-0.2, -0.15) is 0 Å². The summed E-state index contributed by atoms with van der Waals surface area (Å²) in [4.78, 5) is 0. The SMILES string of the molecule is B=BB=BB=BC. The van der Waals surface area contributed by atoms with Gasteiger partial charge in [0, 0.05) is 0 Å². The Morgan fingerprint density at radius 2 is 1.86 bits per heavy atom. The average molecular weight is 80.9 g/mol. The number of hydrogen-bond donors (Lipinski definition) is 0. The van der Waals surface area contributed by atoms with Gasteiger partial charge < -0.3 is 0 Å². The Labute approximate surface area is 48.5 Å². The van der Waals surface area contributed by atoms with E-state index in [1.807, 2.05) is 33.7 Å². The Morgan fingerprint density at radius 1 is 1.14 bits per heavy atom. The molecule has 0 spiro atoms. The van der Waals surface area contributed by atoms with E-state index in [9.17, 15) is 0 Å². The van der Waals surface area contributed by atoms with E-state index in [4.69, 9.17) is 0 Å². The summed E-state index contributed by atoms with van der Waals surface area (Å²) in [5.41, 5.74) is 0. The van der Waals surface area contributed by atoms with Crippen molar-refractivity contribution in [2.75, 3.05) is 0 Å². The summed E-state index contributed by atoms with van der Waals surface area (Å²) in [6.07, 6.45) is 0. The monoisotopic (exact) mass is 82.1 g/mol. The molecule has 0 aromatic heterocycles. The maximum absolute atomic E-state index is 3.51. The van der Waals surface area contributed by atoms with Crippen LogP contribution in [0.25, 0.3) is 0 Å². The molecule has 0 aliphatic carbocycles. The topological polar surface area (TPSA) is 0 Å². The molecule has 0 fully saturated rings. The molecule has 0 saturated carbocycles. The molecule has 0 unspecified atom stereocenters. The molecule has 0 aromatic carbocycles. The van der Waals surface area contributed by atoms with Crippen molar-refractivity contribution < 1.29 is 0 Å². The van der Waals surface area contributed by atoms with Gasteiger partial charge in [-0.1, -0.05) is 0 Å². The normalized spacial score (nSPS) is 5.71. The van der Waals surface area contributed by atoms with E-state index in [0.29, 0.717) is 0 Å². The summed E-state index contributed by atoms with van der Waals surface area (Å²) < 4.78 is 0. The minimum absolute atomic E-state index is 1.75. The Bertz CT molecular complexity index is 90.4. The predicted molar refractivity (Wildman–Crippen MR) is 41.8 cm³/mol. The van der Waals surface area contributed by atoms with Crippen LogP contribution in [0, 0.1) is 0 Å². The summed E-state index contributed by atoms with van der Waals surface area (Å²) in [7, 11) is 3.51. The molecule has 0 atom stereocenters. The van der Waals surface area contributed by atoms with Crippen LogP contribution in [0.3, 0.4) is 0 Å². The van der Waals surface area contributed by atoms with E-state index in [1.54, 1.807) is 6.69 Å². The minimum atomic E-state index is 1.75. The third-order valence-electron chi connectivity index (χ3n) is 0.551. The first kappa shape index (κ1) is 7.39. The van der Waals surface area contributed by atoms with E-state index in [2.05, 4.69) is 7.37 Å². The van der Waals surface area contributed by atoms with Crippen LogP contribution in [0.15, 0.2) is 0 Å². The van der Waals surface area contributed by atoms with Gasteiger partial charge >= 0.3 is 47.8 Å². The number of hydrogen-bond acceptors (Lipinski definition) is 0. The van der Waals surface area contributed by atoms with Gasteiger partial charge in [0.25, 0.3) is 0 Å². The summed E-state index contributed by atoms with van der Waals surface area (Å²) in [6, 6.07) is 0. The summed E-state index contributed by atoms with van der Waals surface area (Å²) in [5, 5.41) is 0. The molecular formula is CH4B6. The molecule has 7 heavy (non-hydrogen) atoms. The molecule has 0 aliphatic rings. The third-order valence-corrected chi connectivity index (χ3v) is 0.551. The van der Waals surface area contributed by atoms with Crippen LogP contribution in [-0.2, 0) is 0 Å². The fraction of sp³-hybridized carbons (Fsp3) is 1.00. The van der Waals surface area contributed by atoms with E-state index in [-0.39, 0.29) is 0 Å². The molecular weight excluding hydrogens is 76.9 g/mol. The Balaban J connectivity index is 3.27. The summed E-state index contributed by atoms with van der Waals surface area (Å²) >= 11 is 0. The van der Waals surface area contributed by atoms with Gasteiger partial charge in [0.05, 0.1) is 0 Å². The van der Waals surface area contributed by atoms with Gasteiger partial charge in [0.2, 0.25) is 0 Å². The molecule has 0 bridgehead atoms. The molecule has 0 aliphatic heterocycles. The zero-order valence-corrected chi connectivity index (χ0v) is 4.59. The zero-order valence-electron chi connectivity index (χ0n) is 4.59. The van der Waals surface area contributed by atoms with Crippen molar-refractivity contribution in [3.63, 3.8) is 0 Å². The second kappa shape index (κ2) is 6.39. The average Bonchev–Trinajstić information content (AvgIpc) is 1.69. The fourth-order valence-corrected chi connectivity index (χ4v) is 0.254. The molecule has 0 radical (unpaired) electrons. The third kappa shape index (κ3) is 6.39. The molecule has 0 amide bonds. The van der Waals surface area contributed by atoms with E-state index in [0.717, 1.165) is 0 Å². The second-order valence-corrected chi connectivity index (χ2v) is 1.15. The zero-order chi connectivity index (χ0) is 5.54. The Hall–Kier alpha value is 0.390. The van der Waals surface area contributed by atoms with Crippen molar-refractivity contribution in [3.05, 3.63) is 0 Å². The van der Waals surface area contributed by atoms with Crippen LogP contribution in [0.5, 0.6) is 0 Å². The summed E-state index contributed by atoms with van der Waals surface area (Å²) in [6.45, 7) is 11.5. The van der Waals surface area contributed by atoms with Crippen LogP contribution in [0.4, 0.5) is 0 Å². The Morgan fingerprint density at radius 3 is 2.29 bits per heavy atom. The first-order valence-corrected chi connectivity index (χ1v) is 2.32. The van der Waals surface area contributed by atoms with E-state index in [1.165, 1.54) is 0 Å². The van der Waals surface area contributed by atoms with Gasteiger partial charge in [-0.3, -0.25) is 0 Å². The van der Waals surface area contributed by atoms with Crippen molar-refractivity contribution in [1.82, 2.24) is 0 Å². The van der Waals surface area contributed by atoms with Crippen LogP contribution < -0.4 is 0 Å². The van der Waals surface area contributed by atoms with E-state index < -0.39 is 0 Å².